The molecule has 1 rings (SSSR count). The molecule has 21 heavy (non-hydrogen) atoms. The quantitative estimate of drug-likeness (QED) is 0.687. The monoisotopic (exact) mass is 292 g/mol. The first-order chi connectivity index (χ1) is 10.0. The average Bonchev–Trinajstić information content (AvgIpc) is 2.46. The van der Waals surface area contributed by atoms with Gasteiger partial charge in [-0.15, -0.1) is 0 Å². The van der Waals surface area contributed by atoms with Crippen LogP contribution in [-0.2, 0) is 14.3 Å². The second-order valence-corrected chi connectivity index (χ2v) is 5.46. The molecule has 0 fully saturated rings. The maximum atomic E-state index is 12.0. The van der Waals surface area contributed by atoms with Gasteiger partial charge < -0.3 is 9.47 Å². The third-order valence-corrected chi connectivity index (χ3v) is 2.87. The van der Waals surface area contributed by atoms with E-state index in [1.807, 2.05) is 26.8 Å². The maximum absolute atomic E-state index is 12.0. The standard InChI is InChI=1S/C17H24O4/c1-4-8-15(11-16(18)20-12-13(2)3)21-17(19)14-9-6-5-7-10-14/h5-7,9-10,13,15H,4,8,11-12H2,1-3H3. The molecule has 0 N–H and O–H groups in total. The van der Waals surface area contributed by atoms with Gasteiger partial charge in [-0.2, -0.15) is 0 Å². The Kier molecular flexibility index (Phi) is 7.51. The van der Waals surface area contributed by atoms with Gasteiger partial charge >= 0.3 is 11.9 Å². The Morgan fingerprint density at radius 2 is 1.81 bits per heavy atom. The van der Waals surface area contributed by atoms with Crippen LogP contribution in [0.3, 0.4) is 0 Å². The number of hydrogen-bond acceptors (Lipinski definition) is 4. The molecular weight excluding hydrogens is 268 g/mol. The maximum Gasteiger partial charge on any atom is 0.338 e. The van der Waals surface area contributed by atoms with E-state index in [9.17, 15) is 9.59 Å². The van der Waals surface area contributed by atoms with Gasteiger partial charge in [-0.1, -0.05) is 45.4 Å². The summed E-state index contributed by atoms with van der Waals surface area (Å²) in [5, 5.41) is 0. The van der Waals surface area contributed by atoms with Crippen molar-refractivity contribution in [2.75, 3.05) is 6.61 Å². The van der Waals surface area contributed by atoms with Crippen LogP contribution in [0.15, 0.2) is 30.3 Å². The zero-order valence-electron chi connectivity index (χ0n) is 13.0. The van der Waals surface area contributed by atoms with Crippen molar-refractivity contribution < 1.29 is 19.1 Å². The largest absolute Gasteiger partial charge is 0.465 e. The third kappa shape index (κ3) is 6.93. The molecule has 0 saturated heterocycles. The van der Waals surface area contributed by atoms with E-state index < -0.39 is 12.1 Å². The molecule has 0 radical (unpaired) electrons. The highest BCUT2D eigenvalue weighted by atomic mass is 16.6. The van der Waals surface area contributed by atoms with Crippen LogP contribution >= 0.6 is 0 Å². The summed E-state index contributed by atoms with van der Waals surface area (Å²) in [6.45, 7) is 6.34. The Bertz CT molecular complexity index is 439. The number of hydrogen-bond donors (Lipinski definition) is 0. The van der Waals surface area contributed by atoms with Crippen molar-refractivity contribution in [1.82, 2.24) is 0 Å². The van der Waals surface area contributed by atoms with Crippen LogP contribution in [0.2, 0.25) is 0 Å². The Balaban J connectivity index is 2.53. The van der Waals surface area contributed by atoms with Crippen molar-refractivity contribution in [1.29, 1.82) is 0 Å². The normalized spacial score (nSPS) is 12.0. The van der Waals surface area contributed by atoms with Crippen molar-refractivity contribution in [2.24, 2.45) is 5.92 Å². The highest BCUT2D eigenvalue weighted by Gasteiger charge is 2.19. The highest BCUT2D eigenvalue weighted by Crippen LogP contribution is 2.12. The zero-order chi connectivity index (χ0) is 15.7. The lowest BCUT2D eigenvalue weighted by molar-refractivity contribution is -0.147. The van der Waals surface area contributed by atoms with E-state index in [-0.39, 0.29) is 12.4 Å². The van der Waals surface area contributed by atoms with Crippen LogP contribution in [0.1, 0.15) is 50.4 Å². The van der Waals surface area contributed by atoms with E-state index in [1.165, 1.54) is 0 Å². The predicted molar refractivity (Wildman–Crippen MR) is 81.0 cm³/mol. The summed E-state index contributed by atoms with van der Waals surface area (Å²) in [5.41, 5.74) is 0.495. The lowest BCUT2D eigenvalue weighted by Crippen LogP contribution is -2.23. The number of carbonyl (C=O) groups excluding carboxylic acids is 2. The summed E-state index contributed by atoms with van der Waals surface area (Å²) < 4.78 is 10.6. The molecule has 1 atom stereocenters. The van der Waals surface area contributed by atoms with Crippen LogP contribution < -0.4 is 0 Å². The molecule has 0 aromatic heterocycles. The van der Waals surface area contributed by atoms with Crippen LogP contribution in [0, 0.1) is 5.92 Å². The minimum Gasteiger partial charge on any atom is -0.465 e. The summed E-state index contributed by atoms with van der Waals surface area (Å²) in [7, 11) is 0. The van der Waals surface area contributed by atoms with Gasteiger partial charge in [0.05, 0.1) is 18.6 Å². The van der Waals surface area contributed by atoms with E-state index in [2.05, 4.69) is 0 Å². The van der Waals surface area contributed by atoms with Gasteiger partial charge in [0.2, 0.25) is 0 Å². The highest BCUT2D eigenvalue weighted by molar-refractivity contribution is 5.89. The molecule has 4 nitrogen and oxygen atoms in total. The lowest BCUT2D eigenvalue weighted by atomic mass is 10.1. The van der Waals surface area contributed by atoms with E-state index in [1.54, 1.807) is 24.3 Å². The van der Waals surface area contributed by atoms with Gasteiger partial charge in [0, 0.05) is 0 Å². The van der Waals surface area contributed by atoms with Crippen LogP contribution in [0.5, 0.6) is 0 Å². The van der Waals surface area contributed by atoms with E-state index in [0.29, 0.717) is 24.5 Å². The summed E-state index contributed by atoms with van der Waals surface area (Å²) in [5.74, 6) is -0.417. The fourth-order valence-electron chi connectivity index (χ4n) is 1.82. The fourth-order valence-corrected chi connectivity index (χ4v) is 1.82. The van der Waals surface area contributed by atoms with Crippen molar-refractivity contribution >= 4 is 11.9 Å². The summed E-state index contributed by atoms with van der Waals surface area (Å²) in [6, 6.07) is 8.79. The number of ether oxygens (including phenoxy) is 2. The topological polar surface area (TPSA) is 52.6 Å². The van der Waals surface area contributed by atoms with E-state index >= 15 is 0 Å². The van der Waals surface area contributed by atoms with E-state index in [0.717, 1.165) is 6.42 Å². The average molecular weight is 292 g/mol. The number of benzene rings is 1. The summed E-state index contributed by atoms with van der Waals surface area (Å²) in [4.78, 5) is 23.7. The van der Waals surface area contributed by atoms with Crippen molar-refractivity contribution in [3.05, 3.63) is 35.9 Å². The third-order valence-electron chi connectivity index (χ3n) is 2.87. The molecule has 1 aromatic rings. The van der Waals surface area contributed by atoms with Gasteiger partial charge in [-0.3, -0.25) is 4.79 Å². The van der Waals surface area contributed by atoms with Crippen LogP contribution in [-0.4, -0.2) is 24.6 Å². The fraction of sp³-hybridized carbons (Fsp3) is 0.529. The Labute approximate surface area is 126 Å². The van der Waals surface area contributed by atoms with Crippen LogP contribution in [0.4, 0.5) is 0 Å². The number of rotatable bonds is 8. The first-order valence-electron chi connectivity index (χ1n) is 7.44. The van der Waals surface area contributed by atoms with Crippen molar-refractivity contribution in [2.45, 2.75) is 46.1 Å². The molecule has 0 aliphatic rings. The van der Waals surface area contributed by atoms with Gasteiger partial charge in [0.25, 0.3) is 0 Å². The molecule has 0 bridgehead atoms. The first kappa shape index (κ1) is 17.2. The Hall–Kier alpha value is -1.84. The molecule has 0 aliphatic heterocycles. The molecule has 1 unspecified atom stereocenters. The van der Waals surface area contributed by atoms with Crippen molar-refractivity contribution in [3.63, 3.8) is 0 Å². The minimum atomic E-state index is -0.428. The van der Waals surface area contributed by atoms with Gasteiger partial charge in [-0.05, 0) is 24.5 Å². The SMILES string of the molecule is CCCC(CC(=O)OCC(C)C)OC(=O)c1ccccc1. The zero-order valence-corrected chi connectivity index (χ0v) is 13.0. The smallest absolute Gasteiger partial charge is 0.338 e. The minimum absolute atomic E-state index is 0.110. The van der Waals surface area contributed by atoms with Gasteiger partial charge in [-0.25, -0.2) is 4.79 Å². The molecule has 0 heterocycles. The first-order valence-corrected chi connectivity index (χ1v) is 7.44. The number of carbonyl (C=O) groups is 2. The predicted octanol–water partition coefficient (Wildman–Crippen LogP) is 3.60. The molecule has 4 heteroatoms. The molecule has 0 saturated carbocycles. The van der Waals surface area contributed by atoms with Crippen LogP contribution in [0.25, 0.3) is 0 Å². The van der Waals surface area contributed by atoms with E-state index in [4.69, 9.17) is 9.47 Å². The van der Waals surface area contributed by atoms with Gasteiger partial charge in [0.15, 0.2) is 0 Å². The summed E-state index contributed by atoms with van der Waals surface area (Å²) >= 11 is 0. The molecule has 116 valence electrons. The summed E-state index contributed by atoms with van der Waals surface area (Å²) in [6.07, 6.45) is 1.17. The van der Waals surface area contributed by atoms with Gasteiger partial charge in [0.1, 0.15) is 6.10 Å². The number of esters is 2. The molecule has 0 amide bonds. The molecule has 0 aliphatic carbocycles. The Morgan fingerprint density at radius 1 is 1.14 bits per heavy atom. The molecule has 0 spiro atoms. The molecule has 1 aromatic carbocycles. The lowest BCUT2D eigenvalue weighted by Gasteiger charge is -2.17. The second kappa shape index (κ2) is 9.16. The second-order valence-electron chi connectivity index (χ2n) is 5.46. The Morgan fingerprint density at radius 3 is 2.38 bits per heavy atom. The van der Waals surface area contributed by atoms with Crippen molar-refractivity contribution in [3.8, 4) is 0 Å². The molecular formula is C17H24O4.